The summed E-state index contributed by atoms with van der Waals surface area (Å²) in [6, 6.07) is 5.73. The van der Waals surface area contributed by atoms with Crippen LogP contribution in [0.4, 0.5) is 9.93 Å². The largest absolute Gasteiger partial charge is 0.491 e. The van der Waals surface area contributed by atoms with Crippen LogP contribution in [0.2, 0.25) is 0 Å². The Morgan fingerprint density at radius 3 is 2.55 bits per heavy atom. The quantitative estimate of drug-likeness (QED) is 0.273. The molecule has 0 aliphatic rings. The zero-order valence-corrected chi connectivity index (χ0v) is 19.4. The predicted molar refractivity (Wildman–Crippen MR) is 128 cm³/mol. The maximum Gasteiger partial charge on any atom is 0.314 e. The number of hydrogen-bond donors (Lipinski definition) is 3. The number of ether oxygens (including phenoxy) is 1. The molecule has 0 aliphatic carbocycles. The second-order valence-corrected chi connectivity index (χ2v) is 8.33. The number of thiazole rings is 1. The summed E-state index contributed by atoms with van der Waals surface area (Å²) in [7, 11) is 0. The van der Waals surface area contributed by atoms with Gasteiger partial charge in [0.15, 0.2) is 5.13 Å². The number of carbonyl (C=O) groups is 2. The minimum absolute atomic E-state index is 0.0666. The molecule has 170 valence electrons. The molecule has 0 unspecified atom stereocenters. The molecule has 0 spiro atoms. The zero-order valence-electron chi connectivity index (χ0n) is 18.5. The van der Waals surface area contributed by atoms with Crippen molar-refractivity contribution in [1.82, 2.24) is 15.6 Å². The van der Waals surface area contributed by atoms with E-state index in [0.29, 0.717) is 18.3 Å². The number of urea groups is 1. The van der Waals surface area contributed by atoms with Crippen molar-refractivity contribution in [2.24, 2.45) is 0 Å². The van der Waals surface area contributed by atoms with Gasteiger partial charge in [0.2, 0.25) is 5.91 Å². The van der Waals surface area contributed by atoms with E-state index < -0.39 is 0 Å². The average Bonchev–Trinajstić information content (AvgIpc) is 3.15. The molecule has 7 nitrogen and oxygen atoms in total. The normalized spacial score (nSPS) is 11.0. The minimum atomic E-state index is -0.131. The number of nitrogens with zero attached hydrogens (tertiary/aromatic N) is 1. The van der Waals surface area contributed by atoms with Crippen LogP contribution in [-0.2, 0) is 4.79 Å². The van der Waals surface area contributed by atoms with Gasteiger partial charge in [-0.2, -0.15) is 0 Å². The molecule has 0 atom stereocenters. The fraction of sp³-hybridized carbons (Fsp3) is 0.522. The summed E-state index contributed by atoms with van der Waals surface area (Å²) in [4.78, 5) is 27.3. The lowest BCUT2D eigenvalue weighted by Gasteiger charge is -2.06. The second kappa shape index (κ2) is 14.4. The summed E-state index contributed by atoms with van der Waals surface area (Å²) in [5.41, 5.74) is 0.780. The Balaban J connectivity index is 1.56. The van der Waals surface area contributed by atoms with Crippen LogP contribution in [0, 0.1) is 0 Å². The first kappa shape index (κ1) is 24.7. The van der Waals surface area contributed by atoms with E-state index in [0.717, 1.165) is 67.5 Å². The van der Waals surface area contributed by atoms with E-state index in [1.54, 1.807) is 0 Å². The zero-order chi connectivity index (χ0) is 22.3. The van der Waals surface area contributed by atoms with Crippen molar-refractivity contribution >= 4 is 38.6 Å². The summed E-state index contributed by atoms with van der Waals surface area (Å²) >= 11 is 1.44. The van der Waals surface area contributed by atoms with E-state index in [2.05, 4.69) is 40.0 Å². The van der Waals surface area contributed by atoms with Crippen molar-refractivity contribution in [3.63, 3.8) is 0 Å². The molecule has 1 aromatic carbocycles. The smallest absolute Gasteiger partial charge is 0.314 e. The van der Waals surface area contributed by atoms with Crippen molar-refractivity contribution < 1.29 is 14.3 Å². The molecule has 0 bridgehead atoms. The van der Waals surface area contributed by atoms with E-state index >= 15 is 0 Å². The molecule has 0 saturated carbocycles. The SMILES string of the molecule is CCCCCNC(=O)NCCCCC=CCCOc1cccc2sc(NC(C)=O)nc12. The number of unbranched alkanes of at least 4 members (excludes halogenated alkanes) is 4. The van der Waals surface area contributed by atoms with Crippen LogP contribution < -0.4 is 20.7 Å². The maximum absolute atomic E-state index is 11.6. The molecule has 1 aromatic heterocycles. The highest BCUT2D eigenvalue weighted by atomic mass is 32.1. The van der Waals surface area contributed by atoms with Gasteiger partial charge in [0.25, 0.3) is 0 Å². The number of allylic oxidation sites excluding steroid dienone is 1. The fourth-order valence-corrected chi connectivity index (χ4v) is 3.87. The summed E-state index contributed by atoms with van der Waals surface area (Å²) in [6.45, 7) is 5.64. The first-order valence-electron chi connectivity index (χ1n) is 11.1. The highest BCUT2D eigenvalue weighted by Gasteiger charge is 2.09. The third-order valence-corrected chi connectivity index (χ3v) is 5.46. The third-order valence-electron chi connectivity index (χ3n) is 4.52. The van der Waals surface area contributed by atoms with Gasteiger partial charge < -0.3 is 20.7 Å². The van der Waals surface area contributed by atoms with Crippen molar-refractivity contribution in [2.45, 2.75) is 58.8 Å². The third kappa shape index (κ3) is 9.83. The Hall–Kier alpha value is -2.61. The lowest BCUT2D eigenvalue weighted by molar-refractivity contribution is -0.114. The van der Waals surface area contributed by atoms with Gasteiger partial charge in [-0.15, -0.1) is 0 Å². The first-order chi connectivity index (χ1) is 15.1. The molecule has 8 heteroatoms. The van der Waals surface area contributed by atoms with Crippen LogP contribution in [0.1, 0.15) is 58.8 Å². The van der Waals surface area contributed by atoms with E-state index in [1.165, 1.54) is 18.3 Å². The van der Waals surface area contributed by atoms with Crippen LogP contribution in [0.15, 0.2) is 30.4 Å². The van der Waals surface area contributed by atoms with Gasteiger partial charge in [0.05, 0.1) is 11.3 Å². The molecule has 0 aliphatic heterocycles. The molecule has 3 N–H and O–H groups in total. The van der Waals surface area contributed by atoms with Gasteiger partial charge in [0.1, 0.15) is 11.3 Å². The van der Waals surface area contributed by atoms with Gasteiger partial charge in [-0.1, -0.05) is 49.3 Å². The molecular formula is C23H34N4O3S. The molecule has 31 heavy (non-hydrogen) atoms. The predicted octanol–water partition coefficient (Wildman–Crippen LogP) is 5.24. The number of para-hydroxylation sites is 1. The molecule has 0 fully saturated rings. The van der Waals surface area contributed by atoms with E-state index in [-0.39, 0.29) is 11.9 Å². The van der Waals surface area contributed by atoms with Crippen LogP contribution >= 0.6 is 11.3 Å². The van der Waals surface area contributed by atoms with Gasteiger partial charge in [-0.3, -0.25) is 4.79 Å². The molecule has 2 rings (SSSR count). The number of carbonyl (C=O) groups excluding carboxylic acids is 2. The second-order valence-electron chi connectivity index (χ2n) is 7.30. The van der Waals surface area contributed by atoms with Gasteiger partial charge in [0, 0.05) is 20.0 Å². The lowest BCUT2D eigenvalue weighted by atomic mass is 10.2. The monoisotopic (exact) mass is 446 g/mol. The number of nitrogens with one attached hydrogen (secondary N) is 3. The number of fused-ring (bicyclic) bond motifs is 1. The van der Waals surface area contributed by atoms with E-state index in [4.69, 9.17) is 4.74 Å². The standard InChI is InChI=1S/C23H34N4O3S/c1-3-4-9-15-24-22(29)25-16-10-7-5-6-8-11-17-30-19-13-12-14-20-21(19)27-23(31-20)26-18(2)28/h6,8,12-14H,3-5,7,9-11,15-17H2,1-2H3,(H2,24,25,29)(H,26,27,28). The number of anilines is 1. The number of benzene rings is 1. The highest BCUT2D eigenvalue weighted by Crippen LogP contribution is 2.32. The Labute approximate surface area is 188 Å². The molecule has 3 amide bonds. The summed E-state index contributed by atoms with van der Waals surface area (Å²) in [6.07, 6.45) is 11.4. The summed E-state index contributed by atoms with van der Waals surface area (Å²) < 4.78 is 6.87. The van der Waals surface area contributed by atoms with Crippen molar-refractivity contribution in [2.75, 3.05) is 25.0 Å². The van der Waals surface area contributed by atoms with Gasteiger partial charge >= 0.3 is 6.03 Å². The summed E-state index contributed by atoms with van der Waals surface area (Å²) in [5, 5.41) is 9.08. The molecule has 0 saturated heterocycles. The van der Waals surface area contributed by atoms with E-state index in [9.17, 15) is 9.59 Å². The Morgan fingerprint density at radius 1 is 1.06 bits per heavy atom. The fourth-order valence-electron chi connectivity index (χ4n) is 2.94. The Kier molecular flexibility index (Phi) is 11.5. The number of aromatic nitrogens is 1. The molecular weight excluding hydrogens is 412 g/mol. The first-order valence-corrected chi connectivity index (χ1v) is 11.9. The number of hydrogen-bond acceptors (Lipinski definition) is 5. The van der Waals surface area contributed by atoms with Crippen LogP contribution in [0.3, 0.4) is 0 Å². The van der Waals surface area contributed by atoms with Gasteiger partial charge in [-0.05, 0) is 44.2 Å². The lowest BCUT2D eigenvalue weighted by Crippen LogP contribution is -2.36. The average molecular weight is 447 g/mol. The molecule has 2 aromatic rings. The minimum Gasteiger partial charge on any atom is -0.491 e. The molecule has 0 radical (unpaired) electrons. The van der Waals surface area contributed by atoms with Crippen molar-refractivity contribution in [1.29, 1.82) is 0 Å². The Morgan fingerprint density at radius 2 is 1.81 bits per heavy atom. The van der Waals surface area contributed by atoms with Crippen LogP contribution in [0.25, 0.3) is 10.2 Å². The van der Waals surface area contributed by atoms with Crippen LogP contribution in [0.5, 0.6) is 5.75 Å². The van der Waals surface area contributed by atoms with E-state index in [1.807, 2.05) is 18.2 Å². The van der Waals surface area contributed by atoms with Gasteiger partial charge in [-0.25, -0.2) is 9.78 Å². The molecule has 1 heterocycles. The topological polar surface area (TPSA) is 92.4 Å². The number of rotatable bonds is 14. The summed E-state index contributed by atoms with van der Waals surface area (Å²) in [5.74, 6) is 0.603. The Bertz CT molecular complexity index is 850. The highest BCUT2D eigenvalue weighted by molar-refractivity contribution is 7.22. The van der Waals surface area contributed by atoms with Crippen molar-refractivity contribution in [3.8, 4) is 5.75 Å². The van der Waals surface area contributed by atoms with Crippen molar-refractivity contribution in [3.05, 3.63) is 30.4 Å². The van der Waals surface area contributed by atoms with Crippen LogP contribution in [-0.4, -0.2) is 36.6 Å². The maximum atomic E-state index is 11.6. The number of amides is 3.